The maximum Gasteiger partial charge on any atom is 0.338 e. The zero-order valence-electron chi connectivity index (χ0n) is 10.5. The summed E-state index contributed by atoms with van der Waals surface area (Å²) < 4.78 is 4.85. The number of aliphatic hydroxyl groups excluding tert-OH is 1. The molecular weight excluding hydrogens is 234 g/mol. The lowest BCUT2D eigenvalue weighted by Crippen LogP contribution is -2.33. The Hall–Kier alpha value is -1.88. The van der Waals surface area contributed by atoms with Crippen LogP contribution in [-0.2, 0) is 16.1 Å². The number of ether oxygens (including phenoxy) is 1. The predicted molar refractivity (Wildman–Crippen MR) is 65.9 cm³/mol. The highest BCUT2D eigenvalue weighted by molar-refractivity contribution is 5.91. The Labute approximate surface area is 106 Å². The molecular formula is C13H17NO4. The number of aliphatic hydroxyl groups is 1. The van der Waals surface area contributed by atoms with Crippen LogP contribution in [-0.4, -0.2) is 29.6 Å². The largest absolute Gasteiger partial charge is 0.452 e. The summed E-state index contributed by atoms with van der Waals surface area (Å²) in [6.45, 7) is 3.28. The molecule has 0 spiro atoms. The van der Waals surface area contributed by atoms with Crippen molar-refractivity contribution in [2.24, 2.45) is 0 Å². The van der Waals surface area contributed by atoms with E-state index in [0.717, 1.165) is 0 Å². The molecule has 0 aliphatic rings. The van der Waals surface area contributed by atoms with Gasteiger partial charge in [0.15, 0.2) is 6.61 Å². The standard InChI is InChI=1S/C13H17NO4/c1-9(2)14-12(16)8-18-13(17)11-5-3-10(7-15)4-6-11/h3-6,9,15H,7-8H2,1-2H3,(H,14,16). The molecule has 5 heteroatoms. The SMILES string of the molecule is CC(C)NC(=O)COC(=O)c1ccc(CO)cc1. The van der Waals surface area contributed by atoms with Crippen molar-refractivity contribution in [1.82, 2.24) is 5.32 Å². The van der Waals surface area contributed by atoms with Gasteiger partial charge in [-0.3, -0.25) is 4.79 Å². The van der Waals surface area contributed by atoms with Crippen LogP contribution in [0.3, 0.4) is 0 Å². The fourth-order valence-electron chi connectivity index (χ4n) is 1.32. The van der Waals surface area contributed by atoms with Crippen LogP contribution in [0.4, 0.5) is 0 Å². The van der Waals surface area contributed by atoms with Crippen LogP contribution in [0.25, 0.3) is 0 Å². The number of benzene rings is 1. The monoisotopic (exact) mass is 251 g/mol. The summed E-state index contributed by atoms with van der Waals surface area (Å²) >= 11 is 0. The molecule has 1 aromatic rings. The number of hydrogen-bond donors (Lipinski definition) is 2. The number of nitrogens with one attached hydrogen (secondary N) is 1. The van der Waals surface area contributed by atoms with Gasteiger partial charge in [-0.05, 0) is 31.5 Å². The molecule has 98 valence electrons. The van der Waals surface area contributed by atoms with Crippen LogP contribution in [0.2, 0.25) is 0 Å². The van der Waals surface area contributed by atoms with Crippen LogP contribution in [0, 0.1) is 0 Å². The Morgan fingerprint density at radius 1 is 1.28 bits per heavy atom. The quantitative estimate of drug-likeness (QED) is 0.761. The number of rotatable bonds is 5. The van der Waals surface area contributed by atoms with Gasteiger partial charge in [0.1, 0.15) is 0 Å². The molecule has 0 bridgehead atoms. The van der Waals surface area contributed by atoms with E-state index in [2.05, 4.69) is 5.32 Å². The molecule has 2 N–H and O–H groups in total. The third-order valence-electron chi connectivity index (χ3n) is 2.16. The fraction of sp³-hybridized carbons (Fsp3) is 0.385. The molecule has 0 aliphatic carbocycles. The van der Waals surface area contributed by atoms with Crippen molar-refractivity contribution in [3.63, 3.8) is 0 Å². The van der Waals surface area contributed by atoms with E-state index in [4.69, 9.17) is 9.84 Å². The Morgan fingerprint density at radius 2 is 1.89 bits per heavy atom. The topological polar surface area (TPSA) is 75.6 Å². The Balaban J connectivity index is 2.47. The van der Waals surface area contributed by atoms with Gasteiger partial charge in [-0.25, -0.2) is 4.79 Å². The third-order valence-corrected chi connectivity index (χ3v) is 2.16. The van der Waals surface area contributed by atoms with Gasteiger partial charge in [0, 0.05) is 6.04 Å². The minimum Gasteiger partial charge on any atom is -0.452 e. The first-order valence-corrected chi connectivity index (χ1v) is 5.69. The van der Waals surface area contributed by atoms with Crippen molar-refractivity contribution >= 4 is 11.9 Å². The maximum absolute atomic E-state index is 11.6. The molecule has 0 fully saturated rings. The van der Waals surface area contributed by atoms with Crippen molar-refractivity contribution < 1.29 is 19.4 Å². The van der Waals surface area contributed by atoms with E-state index >= 15 is 0 Å². The number of carbonyl (C=O) groups is 2. The normalized spacial score (nSPS) is 10.2. The van der Waals surface area contributed by atoms with Gasteiger partial charge in [-0.15, -0.1) is 0 Å². The van der Waals surface area contributed by atoms with Gasteiger partial charge in [0.25, 0.3) is 5.91 Å². The molecule has 1 aromatic carbocycles. The lowest BCUT2D eigenvalue weighted by Gasteiger charge is -2.08. The molecule has 0 atom stereocenters. The predicted octanol–water partition coefficient (Wildman–Crippen LogP) is 0.860. The number of hydrogen-bond acceptors (Lipinski definition) is 4. The van der Waals surface area contributed by atoms with Crippen LogP contribution in [0.15, 0.2) is 24.3 Å². The van der Waals surface area contributed by atoms with Crippen LogP contribution < -0.4 is 5.32 Å². The average molecular weight is 251 g/mol. The molecule has 0 saturated heterocycles. The highest BCUT2D eigenvalue weighted by Gasteiger charge is 2.10. The molecule has 1 rings (SSSR count). The molecule has 18 heavy (non-hydrogen) atoms. The van der Waals surface area contributed by atoms with Crippen molar-refractivity contribution in [1.29, 1.82) is 0 Å². The second kappa shape index (κ2) is 6.76. The van der Waals surface area contributed by atoms with Crippen LogP contribution >= 0.6 is 0 Å². The van der Waals surface area contributed by atoms with Crippen molar-refractivity contribution in [3.8, 4) is 0 Å². The summed E-state index contributed by atoms with van der Waals surface area (Å²) in [6, 6.07) is 6.37. The molecule has 0 aliphatic heterocycles. The molecule has 0 radical (unpaired) electrons. The lowest BCUT2D eigenvalue weighted by atomic mass is 10.1. The van der Waals surface area contributed by atoms with E-state index in [9.17, 15) is 9.59 Å². The fourth-order valence-corrected chi connectivity index (χ4v) is 1.32. The number of carbonyl (C=O) groups excluding carboxylic acids is 2. The summed E-state index contributed by atoms with van der Waals surface area (Å²) in [7, 11) is 0. The van der Waals surface area contributed by atoms with Gasteiger partial charge >= 0.3 is 5.97 Å². The van der Waals surface area contributed by atoms with E-state index in [-0.39, 0.29) is 25.2 Å². The Morgan fingerprint density at radius 3 is 2.39 bits per heavy atom. The highest BCUT2D eigenvalue weighted by Crippen LogP contribution is 2.05. The lowest BCUT2D eigenvalue weighted by molar-refractivity contribution is -0.124. The van der Waals surface area contributed by atoms with E-state index in [0.29, 0.717) is 11.1 Å². The van der Waals surface area contributed by atoms with E-state index in [1.54, 1.807) is 24.3 Å². The van der Waals surface area contributed by atoms with Gasteiger partial charge in [0.2, 0.25) is 0 Å². The minimum atomic E-state index is -0.557. The number of amides is 1. The second-order valence-corrected chi connectivity index (χ2v) is 4.15. The zero-order valence-corrected chi connectivity index (χ0v) is 10.5. The van der Waals surface area contributed by atoms with E-state index in [1.165, 1.54) is 0 Å². The summed E-state index contributed by atoms with van der Waals surface area (Å²) in [4.78, 5) is 22.8. The summed E-state index contributed by atoms with van der Waals surface area (Å²) in [5, 5.41) is 11.5. The van der Waals surface area contributed by atoms with E-state index in [1.807, 2.05) is 13.8 Å². The summed E-state index contributed by atoms with van der Waals surface area (Å²) in [5.74, 6) is -0.885. The first-order chi connectivity index (χ1) is 8.52. The van der Waals surface area contributed by atoms with Gasteiger partial charge in [-0.2, -0.15) is 0 Å². The van der Waals surface area contributed by atoms with E-state index < -0.39 is 5.97 Å². The first-order valence-electron chi connectivity index (χ1n) is 5.69. The Bertz CT molecular complexity index is 412. The highest BCUT2D eigenvalue weighted by atomic mass is 16.5. The van der Waals surface area contributed by atoms with Crippen molar-refractivity contribution in [2.75, 3.05) is 6.61 Å². The van der Waals surface area contributed by atoms with Crippen molar-refractivity contribution in [2.45, 2.75) is 26.5 Å². The van der Waals surface area contributed by atoms with Crippen molar-refractivity contribution in [3.05, 3.63) is 35.4 Å². The first kappa shape index (κ1) is 14.2. The molecule has 0 unspecified atom stereocenters. The smallest absolute Gasteiger partial charge is 0.338 e. The number of esters is 1. The molecule has 0 heterocycles. The van der Waals surface area contributed by atoms with Gasteiger partial charge < -0.3 is 15.2 Å². The minimum absolute atomic E-state index is 0.0139. The molecule has 0 saturated carbocycles. The van der Waals surface area contributed by atoms with Crippen LogP contribution in [0.5, 0.6) is 0 Å². The maximum atomic E-state index is 11.6. The third kappa shape index (κ3) is 4.55. The van der Waals surface area contributed by atoms with Gasteiger partial charge in [0.05, 0.1) is 12.2 Å². The summed E-state index contributed by atoms with van der Waals surface area (Å²) in [5.41, 5.74) is 1.06. The second-order valence-electron chi connectivity index (χ2n) is 4.15. The molecule has 1 amide bonds. The van der Waals surface area contributed by atoms with Gasteiger partial charge in [-0.1, -0.05) is 12.1 Å². The molecule has 0 aromatic heterocycles. The van der Waals surface area contributed by atoms with Crippen LogP contribution in [0.1, 0.15) is 29.8 Å². The zero-order chi connectivity index (χ0) is 13.5. The average Bonchev–Trinajstić information content (AvgIpc) is 2.35. The summed E-state index contributed by atoms with van der Waals surface area (Å²) in [6.07, 6.45) is 0. The molecule has 5 nitrogen and oxygen atoms in total. The Kier molecular flexibility index (Phi) is 5.32.